The molecule has 1 heteroatoms. The highest BCUT2D eigenvalue weighted by Crippen LogP contribution is 2.38. The normalized spacial score (nSPS) is 10.9. The van der Waals surface area contributed by atoms with Crippen LogP contribution in [0.15, 0.2) is 152 Å². The van der Waals surface area contributed by atoms with E-state index in [1.165, 1.54) is 27.2 Å². The Labute approximate surface area is 250 Å². The molecule has 0 N–H and O–H groups in total. The largest absolute Gasteiger partial charge is 0.309 e. The lowest BCUT2D eigenvalue weighted by Crippen LogP contribution is -1.96. The van der Waals surface area contributed by atoms with Gasteiger partial charge in [-0.3, -0.25) is 0 Å². The van der Waals surface area contributed by atoms with Gasteiger partial charge in [-0.15, -0.1) is 0 Å². The summed E-state index contributed by atoms with van der Waals surface area (Å²) in [6.07, 6.45) is 0. The molecule has 1 heterocycles. The molecule has 0 radical (unpaired) electrons. The van der Waals surface area contributed by atoms with E-state index in [2.05, 4.69) is 119 Å². The van der Waals surface area contributed by atoms with Gasteiger partial charge in [-0.05, 0) is 82.9 Å². The number of nitrogens with zero attached hydrogens (tertiary/aromatic N) is 1. The molecule has 0 saturated heterocycles. The van der Waals surface area contributed by atoms with Crippen molar-refractivity contribution in [3.63, 3.8) is 0 Å². The van der Waals surface area contributed by atoms with Gasteiger partial charge in [0, 0.05) is 38.4 Å². The Morgan fingerprint density at radius 3 is 1.37 bits per heavy atom. The van der Waals surface area contributed by atoms with Gasteiger partial charge >= 0.3 is 0 Å². The number of aromatic nitrogens is 1. The van der Waals surface area contributed by atoms with Crippen LogP contribution < -0.4 is 0 Å². The zero-order chi connectivity index (χ0) is 28.6. The van der Waals surface area contributed by atoms with Gasteiger partial charge in [0.05, 0.1) is 16.7 Å². The summed E-state index contributed by atoms with van der Waals surface area (Å²) in [7, 11) is 0. The maximum atomic E-state index is 3.39. The fraction of sp³-hybridized carbons (Fsp3) is 0. The first kappa shape index (κ1) is 24.8. The van der Waals surface area contributed by atoms with E-state index >= 15 is 0 Å². The van der Waals surface area contributed by atoms with Crippen LogP contribution in [-0.4, -0.2) is 4.57 Å². The minimum Gasteiger partial charge on any atom is -0.309 e. The molecule has 0 aliphatic carbocycles. The predicted octanol–water partition coefficient (Wildman–Crippen LogP) is 9.89. The Morgan fingerprint density at radius 1 is 0.326 bits per heavy atom. The molecule has 0 saturated carbocycles. The summed E-state index contributed by atoms with van der Waals surface area (Å²) in [4.78, 5) is 0. The van der Waals surface area contributed by atoms with E-state index in [0.717, 1.165) is 44.1 Å². The molecule has 43 heavy (non-hydrogen) atoms. The van der Waals surface area contributed by atoms with E-state index < -0.39 is 0 Å². The molecule has 0 aliphatic heterocycles. The Bertz CT molecular complexity index is 2330. The molecule has 0 fully saturated rings. The highest BCUT2D eigenvalue weighted by molar-refractivity contribution is 6.15. The van der Waals surface area contributed by atoms with Crippen LogP contribution >= 0.6 is 0 Å². The van der Waals surface area contributed by atoms with Gasteiger partial charge in [0.1, 0.15) is 0 Å². The van der Waals surface area contributed by atoms with Crippen LogP contribution in [0, 0.1) is 23.7 Å². The van der Waals surface area contributed by atoms with Crippen molar-refractivity contribution in [1.82, 2.24) is 4.57 Å². The molecule has 1 aromatic heterocycles. The third-order valence-corrected chi connectivity index (χ3v) is 8.00. The van der Waals surface area contributed by atoms with Gasteiger partial charge in [0.25, 0.3) is 0 Å². The van der Waals surface area contributed by atoms with Crippen molar-refractivity contribution in [2.75, 3.05) is 0 Å². The molecule has 0 atom stereocenters. The fourth-order valence-corrected chi connectivity index (χ4v) is 5.99. The second kappa shape index (κ2) is 10.4. The standard InChI is InChI=1S/C42H25N/c1-3-11-30(12-4-1)19-21-32-23-25-40-38(27-32)39-28-33(22-20-31-13-5-2-6-14-31)24-26-41(39)43(40)42-29-34-15-7-8-16-35(34)36-17-9-10-18-37(36)42/h1-18,23-29H. The summed E-state index contributed by atoms with van der Waals surface area (Å²) in [6.45, 7) is 0. The molecule has 1 nitrogen and oxygen atoms in total. The summed E-state index contributed by atoms with van der Waals surface area (Å²) in [6, 6.07) is 53.1. The molecule has 198 valence electrons. The van der Waals surface area contributed by atoms with Crippen LogP contribution in [0.1, 0.15) is 22.3 Å². The molecule has 0 amide bonds. The number of benzene rings is 7. The lowest BCUT2D eigenvalue weighted by atomic mass is 10.00. The van der Waals surface area contributed by atoms with Crippen molar-refractivity contribution < 1.29 is 0 Å². The first-order valence-corrected chi connectivity index (χ1v) is 14.5. The van der Waals surface area contributed by atoms with E-state index in [9.17, 15) is 0 Å². The van der Waals surface area contributed by atoms with Crippen molar-refractivity contribution in [1.29, 1.82) is 0 Å². The minimum absolute atomic E-state index is 0.986. The van der Waals surface area contributed by atoms with E-state index in [1.54, 1.807) is 0 Å². The van der Waals surface area contributed by atoms with Crippen LogP contribution in [0.5, 0.6) is 0 Å². The van der Waals surface area contributed by atoms with Gasteiger partial charge in [0.2, 0.25) is 0 Å². The molecule has 7 aromatic carbocycles. The van der Waals surface area contributed by atoms with Crippen molar-refractivity contribution in [2.24, 2.45) is 0 Å². The SMILES string of the molecule is C(#Cc1ccc2c(c1)c1cc(C#Cc3ccccc3)ccc1n2-c1cc2ccccc2c2ccccc12)c1ccccc1. The monoisotopic (exact) mass is 543 g/mol. The summed E-state index contributed by atoms with van der Waals surface area (Å²) in [5.74, 6) is 13.4. The van der Waals surface area contributed by atoms with Crippen molar-refractivity contribution in [2.45, 2.75) is 0 Å². The summed E-state index contributed by atoms with van der Waals surface area (Å²) >= 11 is 0. The predicted molar refractivity (Wildman–Crippen MR) is 181 cm³/mol. The summed E-state index contributed by atoms with van der Waals surface area (Å²) in [5, 5.41) is 7.29. The Hall–Kier alpha value is -6.02. The molecular weight excluding hydrogens is 518 g/mol. The molecule has 0 unspecified atom stereocenters. The van der Waals surface area contributed by atoms with E-state index in [-0.39, 0.29) is 0 Å². The highest BCUT2D eigenvalue weighted by atomic mass is 15.0. The molecule has 8 aromatic rings. The average Bonchev–Trinajstić information content (AvgIpc) is 3.40. The molecule has 0 spiro atoms. The Balaban J connectivity index is 1.40. The maximum Gasteiger partial charge on any atom is 0.0546 e. The topological polar surface area (TPSA) is 4.93 Å². The number of rotatable bonds is 1. The van der Waals surface area contributed by atoms with Crippen LogP contribution in [0.25, 0.3) is 49.0 Å². The third kappa shape index (κ3) is 4.51. The first-order chi connectivity index (χ1) is 21.3. The van der Waals surface area contributed by atoms with Gasteiger partial charge in [-0.1, -0.05) is 109 Å². The lowest BCUT2D eigenvalue weighted by Gasteiger charge is -2.14. The average molecular weight is 544 g/mol. The van der Waals surface area contributed by atoms with Gasteiger partial charge in [-0.25, -0.2) is 0 Å². The first-order valence-electron chi connectivity index (χ1n) is 14.5. The second-order valence-electron chi connectivity index (χ2n) is 10.7. The second-order valence-corrected chi connectivity index (χ2v) is 10.7. The fourth-order valence-electron chi connectivity index (χ4n) is 5.99. The van der Waals surface area contributed by atoms with Gasteiger partial charge in [0.15, 0.2) is 0 Å². The van der Waals surface area contributed by atoms with Crippen molar-refractivity contribution in [3.05, 3.63) is 174 Å². The highest BCUT2D eigenvalue weighted by Gasteiger charge is 2.16. The Morgan fingerprint density at radius 2 is 0.791 bits per heavy atom. The minimum atomic E-state index is 0.986. The smallest absolute Gasteiger partial charge is 0.0546 e. The maximum absolute atomic E-state index is 3.39. The molecule has 8 rings (SSSR count). The van der Waals surface area contributed by atoms with Gasteiger partial charge in [-0.2, -0.15) is 0 Å². The van der Waals surface area contributed by atoms with Crippen molar-refractivity contribution in [3.8, 4) is 29.4 Å². The van der Waals surface area contributed by atoms with E-state index in [4.69, 9.17) is 0 Å². The molecular formula is C42H25N. The lowest BCUT2D eigenvalue weighted by molar-refractivity contribution is 1.20. The third-order valence-electron chi connectivity index (χ3n) is 8.00. The van der Waals surface area contributed by atoms with Gasteiger partial charge < -0.3 is 4.57 Å². The summed E-state index contributed by atoms with van der Waals surface area (Å²) in [5.41, 5.74) is 7.44. The van der Waals surface area contributed by atoms with Crippen molar-refractivity contribution >= 4 is 43.4 Å². The number of hydrogen-bond donors (Lipinski definition) is 0. The zero-order valence-corrected chi connectivity index (χ0v) is 23.4. The van der Waals surface area contributed by atoms with E-state index in [0.29, 0.717) is 0 Å². The number of hydrogen-bond acceptors (Lipinski definition) is 0. The molecule has 0 aliphatic rings. The van der Waals surface area contributed by atoms with E-state index in [1.807, 2.05) is 60.7 Å². The van der Waals surface area contributed by atoms with Crippen LogP contribution in [-0.2, 0) is 0 Å². The summed E-state index contributed by atoms with van der Waals surface area (Å²) < 4.78 is 2.41. The zero-order valence-electron chi connectivity index (χ0n) is 23.4. The quantitative estimate of drug-likeness (QED) is 0.143. The molecule has 0 bridgehead atoms. The Kier molecular flexibility index (Phi) is 6.00. The van der Waals surface area contributed by atoms with Crippen LogP contribution in [0.2, 0.25) is 0 Å². The van der Waals surface area contributed by atoms with Crippen LogP contribution in [0.3, 0.4) is 0 Å². The number of fused-ring (bicyclic) bond motifs is 6. The van der Waals surface area contributed by atoms with Crippen LogP contribution in [0.4, 0.5) is 0 Å².